The monoisotopic (exact) mass is 320 g/mol. The van der Waals surface area contributed by atoms with E-state index in [1.54, 1.807) is 25.3 Å². The standard InChI is InChI=1S/C16H20N2O3S/c1-21-16-9-4-3-8-14(16)15(17)11-12-6-5-7-13(10-12)18-22(2,19)20/h3-10,15,18H,11,17H2,1-2H3. The summed E-state index contributed by atoms with van der Waals surface area (Å²) >= 11 is 0. The molecule has 0 fully saturated rings. The molecule has 2 aromatic carbocycles. The summed E-state index contributed by atoms with van der Waals surface area (Å²) in [5.41, 5.74) is 8.67. The van der Waals surface area contributed by atoms with Crippen molar-refractivity contribution >= 4 is 15.7 Å². The number of hydrogen-bond donors (Lipinski definition) is 2. The van der Waals surface area contributed by atoms with Crippen molar-refractivity contribution in [1.82, 2.24) is 0 Å². The summed E-state index contributed by atoms with van der Waals surface area (Å²) in [6, 6.07) is 14.6. The van der Waals surface area contributed by atoms with Gasteiger partial charge in [-0.1, -0.05) is 30.3 Å². The van der Waals surface area contributed by atoms with Crippen LogP contribution in [0.2, 0.25) is 0 Å². The summed E-state index contributed by atoms with van der Waals surface area (Å²) in [4.78, 5) is 0. The van der Waals surface area contributed by atoms with Crippen molar-refractivity contribution in [3.63, 3.8) is 0 Å². The minimum atomic E-state index is -3.29. The topological polar surface area (TPSA) is 81.4 Å². The van der Waals surface area contributed by atoms with Gasteiger partial charge < -0.3 is 10.5 Å². The minimum absolute atomic E-state index is 0.232. The first-order valence-electron chi connectivity index (χ1n) is 6.84. The summed E-state index contributed by atoms with van der Waals surface area (Å²) in [5.74, 6) is 0.750. The molecule has 2 aromatic rings. The number of nitrogens with two attached hydrogens (primary N) is 1. The maximum atomic E-state index is 11.3. The van der Waals surface area contributed by atoms with Crippen LogP contribution in [0.3, 0.4) is 0 Å². The predicted octanol–water partition coefficient (Wildman–Crippen LogP) is 2.31. The van der Waals surface area contributed by atoms with E-state index in [-0.39, 0.29) is 6.04 Å². The highest BCUT2D eigenvalue weighted by Gasteiger charge is 2.12. The van der Waals surface area contributed by atoms with Gasteiger partial charge in [-0.15, -0.1) is 0 Å². The number of anilines is 1. The van der Waals surface area contributed by atoms with Crippen LogP contribution in [0.25, 0.3) is 0 Å². The molecule has 0 amide bonds. The third-order valence-electron chi connectivity index (χ3n) is 3.22. The Kier molecular flexibility index (Phi) is 5.05. The smallest absolute Gasteiger partial charge is 0.229 e. The number of para-hydroxylation sites is 1. The minimum Gasteiger partial charge on any atom is -0.496 e. The Morgan fingerprint density at radius 1 is 1.18 bits per heavy atom. The Morgan fingerprint density at radius 3 is 2.59 bits per heavy atom. The van der Waals surface area contributed by atoms with Gasteiger partial charge in [0.2, 0.25) is 10.0 Å². The molecule has 0 aromatic heterocycles. The van der Waals surface area contributed by atoms with Crippen LogP contribution in [-0.2, 0) is 16.4 Å². The number of ether oxygens (including phenoxy) is 1. The van der Waals surface area contributed by atoms with Crippen molar-refractivity contribution in [3.05, 3.63) is 59.7 Å². The summed E-state index contributed by atoms with van der Waals surface area (Å²) in [6.45, 7) is 0. The Balaban J connectivity index is 2.18. The lowest BCUT2D eigenvalue weighted by Crippen LogP contribution is -2.15. The van der Waals surface area contributed by atoms with Crippen molar-refractivity contribution in [2.45, 2.75) is 12.5 Å². The van der Waals surface area contributed by atoms with Crippen LogP contribution in [0.4, 0.5) is 5.69 Å². The van der Waals surface area contributed by atoms with Crippen LogP contribution in [-0.4, -0.2) is 21.8 Å². The van der Waals surface area contributed by atoms with Crippen LogP contribution in [0.15, 0.2) is 48.5 Å². The van der Waals surface area contributed by atoms with Crippen LogP contribution >= 0.6 is 0 Å². The van der Waals surface area contributed by atoms with Gasteiger partial charge in [-0.25, -0.2) is 8.42 Å². The van der Waals surface area contributed by atoms with E-state index in [2.05, 4.69) is 4.72 Å². The quantitative estimate of drug-likeness (QED) is 0.856. The van der Waals surface area contributed by atoms with Crippen molar-refractivity contribution in [3.8, 4) is 5.75 Å². The van der Waals surface area contributed by atoms with Gasteiger partial charge in [0.25, 0.3) is 0 Å². The van der Waals surface area contributed by atoms with Gasteiger partial charge in [-0.2, -0.15) is 0 Å². The number of rotatable bonds is 6. The van der Waals surface area contributed by atoms with E-state index in [0.717, 1.165) is 23.1 Å². The van der Waals surface area contributed by atoms with Crippen LogP contribution in [0.1, 0.15) is 17.2 Å². The first-order valence-corrected chi connectivity index (χ1v) is 8.73. The highest BCUT2D eigenvalue weighted by molar-refractivity contribution is 7.92. The molecule has 6 heteroatoms. The largest absolute Gasteiger partial charge is 0.496 e. The molecule has 0 saturated heterocycles. The molecule has 0 saturated carbocycles. The van der Waals surface area contributed by atoms with E-state index >= 15 is 0 Å². The second-order valence-electron chi connectivity index (χ2n) is 5.13. The molecule has 2 rings (SSSR count). The lowest BCUT2D eigenvalue weighted by atomic mass is 9.98. The normalized spacial score (nSPS) is 12.7. The predicted molar refractivity (Wildman–Crippen MR) is 88.5 cm³/mol. The third kappa shape index (κ3) is 4.47. The van der Waals surface area contributed by atoms with Crippen LogP contribution < -0.4 is 15.2 Å². The first kappa shape index (κ1) is 16.3. The fourth-order valence-corrected chi connectivity index (χ4v) is 2.87. The zero-order valence-electron chi connectivity index (χ0n) is 12.6. The Labute approximate surface area is 131 Å². The van der Waals surface area contributed by atoms with Crippen molar-refractivity contribution in [2.75, 3.05) is 18.1 Å². The SMILES string of the molecule is COc1ccccc1C(N)Cc1cccc(NS(C)(=O)=O)c1. The van der Waals surface area contributed by atoms with E-state index < -0.39 is 10.0 Å². The zero-order valence-corrected chi connectivity index (χ0v) is 13.4. The van der Waals surface area contributed by atoms with Gasteiger partial charge in [0.1, 0.15) is 5.75 Å². The van der Waals surface area contributed by atoms with Gasteiger partial charge in [-0.05, 0) is 30.2 Å². The van der Waals surface area contributed by atoms with E-state index in [1.807, 2.05) is 30.3 Å². The average Bonchev–Trinajstić information content (AvgIpc) is 2.45. The Bertz CT molecular complexity index is 745. The Morgan fingerprint density at radius 2 is 1.91 bits per heavy atom. The molecule has 1 atom stereocenters. The molecule has 0 heterocycles. The van der Waals surface area contributed by atoms with Crippen LogP contribution in [0.5, 0.6) is 5.75 Å². The van der Waals surface area contributed by atoms with Gasteiger partial charge in [0.05, 0.1) is 13.4 Å². The van der Waals surface area contributed by atoms with Gasteiger partial charge in [0, 0.05) is 17.3 Å². The number of nitrogens with one attached hydrogen (secondary N) is 1. The van der Waals surface area contributed by atoms with E-state index in [9.17, 15) is 8.42 Å². The molecule has 0 aliphatic carbocycles. The molecular weight excluding hydrogens is 300 g/mol. The van der Waals surface area contributed by atoms with Crippen LogP contribution in [0, 0.1) is 0 Å². The lowest BCUT2D eigenvalue weighted by Gasteiger charge is -2.16. The van der Waals surface area contributed by atoms with E-state index in [1.165, 1.54) is 0 Å². The highest BCUT2D eigenvalue weighted by atomic mass is 32.2. The number of benzene rings is 2. The molecule has 118 valence electrons. The molecular formula is C16H20N2O3S. The molecule has 3 N–H and O–H groups in total. The fourth-order valence-electron chi connectivity index (χ4n) is 2.31. The maximum absolute atomic E-state index is 11.3. The van der Waals surface area contributed by atoms with Crippen molar-refractivity contribution in [2.24, 2.45) is 5.73 Å². The molecule has 1 unspecified atom stereocenters. The van der Waals surface area contributed by atoms with Gasteiger partial charge >= 0.3 is 0 Å². The fraction of sp³-hybridized carbons (Fsp3) is 0.250. The molecule has 0 aliphatic heterocycles. The summed E-state index contributed by atoms with van der Waals surface area (Å²) in [6.07, 6.45) is 1.71. The highest BCUT2D eigenvalue weighted by Crippen LogP contribution is 2.26. The second kappa shape index (κ2) is 6.81. The maximum Gasteiger partial charge on any atom is 0.229 e. The van der Waals surface area contributed by atoms with Crippen molar-refractivity contribution < 1.29 is 13.2 Å². The molecule has 0 aliphatic rings. The first-order chi connectivity index (χ1) is 10.4. The lowest BCUT2D eigenvalue weighted by molar-refractivity contribution is 0.405. The number of sulfonamides is 1. The summed E-state index contributed by atoms with van der Waals surface area (Å²) in [7, 11) is -1.67. The molecule has 0 spiro atoms. The average molecular weight is 320 g/mol. The summed E-state index contributed by atoms with van der Waals surface area (Å²) in [5, 5.41) is 0. The van der Waals surface area contributed by atoms with Crippen molar-refractivity contribution in [1.29, 1.82) is 0 Å². The molecule has 22 heavy (non-hydrogen) atoms. The van der Waals surface area contributed by atoms with E-state index in [0.29, 0.717) is 12.1 Å². The molecule has 5 nitrogen and oxygen atoms in total. The molecule has 0 radical (unpaired) electrons. The Hall–Kier alpha value is -2.05. The van der Waals surface area contributed by atoms with Gasteiger partial charge in [-0.3, -0.25) is 4.72 Å². The third-order valence-corrected chi connectivity index (χ3v) is 3.83. The number of hydrogen-bond acceptors (Lipinski definition) is 4. The molecule has 0 bridgehead atoms. The second-order valence-corrected chi connectivity index (χ2v) is 6.88. The van der Waals surface area contributed by atoms with Gasteiger partial charge in [0.15, 0.2) is 0 Å². The number of methoxy groups -OCH3 is 1. The summed E-state index contributed by atoms with van der Waals surface area (Å²) < 4.78 is 30.4. The zero-order chi connectivity index (χ0) is 16.2. The van der Waals surface area contributed by atoms with E-state index in [4.69, 9.17) is 10.5 Å².